The zero-order chi connectivity index (χ0) is 19.0. The number of hydrogen-bond donors (Lipinski definition) is 1. The Morgan fingerprint density at radius 2 is 1.96 bits per heavy atom. The third-order valence-corrected chi connectivity index (χ3v) is 6.33. The number of benzene rings is 1. The molecular formula is C21H26N2O4. The van der Waals surface area contributed by atoms with Crippen LogP contribution in [0.2, 0.25) is 0 Å². The van der Waals surface area contributed by atoms with Gasteiger partial charge in [0.15, 0.2) is 0 Å². The van der Waals surface area contributed by atoms with E-state index in [1.54, 1.807) is 11.0 Å². The van der Waals surface area contributed by atoms with Crippen molar-refractivity contribution < 1.29 is 19.5 Å². The number of aliphatic carboxylic acids is 1. The normalized spacial score (nSPS) is 27.7. The number of nitrogens with zero attached hydrogens (tertiary/aromatic N) is 2. The predicted molar refractivity (Wildman–Crippen MR) is 99.0 cm³/mol. The molecular weight excluding hydrogens is 344 g/mol. The van der Waals surface area contributed by atoms with E-state index in [2.05, 4.69) is 0 Å². The van der Waals surface area contributed by atoms with Gasteiger partial charge in [-0.05, 0) is 49.3 Å². The van der Waals surface area contributed by atoms with Crippen LogP contribution >= 0.6 is 0 Å². The molecule has 3 atom stereocenters. The second-order valence-electron chi connectivity index (χ2n) is 8.03. The Morgan fingerprint density at radius 1 is 1.15 bits per heavy atom. The zero-order valence-corrected chi connectivity index (χ0v) is 15.5. The second kappa shape index (κ2) is 7.33. The van der Waals surface area contributed by atoms with Crippen molar-refractivity contribution in [3.8, 4) is 0 Å². The Labute approximate surface area is 159 Å². The summed E-state index contributed by atoms with van der Waals surface area (Å²) in [6, 6.07) is 6.64. The first-order valence-corrected chi connectivity index (χ1v) is 9.97. The number of carboxylic acids is 1. The van der Waals surface area contributed by atoms with Crippen molar-refractivity contribution in [2.45, 2.75) is 63.6 Å². The average molecular weight is 370 g/mol. The van der Waals surface area contributed by atoms with Crippen LogP contribution in [0.25, 0.3) is 0 Å². The van der Waals surface area contributed by atoms with Crippen molar-refractivity contribution in [3.63, 3.8) is 0 Å². The van der Waals surface area contributed by atoms with Gasteiger partial charge in [0.05, 0.1) is 0 Å². The zero-order valence-electron chi connectivity index (χ0n) is 15.5. The first-order chi connectivity index (χ1) is 13.0. The van der Waals surface area contributed by atoms with Gasteiger partial charge in [0.2, 0.25) is 5.91 Å². The largest absolute Gasteiger partial charge is 0.480 e. The maximum Gasteiger partial charge on any atom is 0.326 e. The van der Waals surface area contributed by atoms with Crippen molar-refractivity contribution in [2.24, 2.45) is 5.92 Å². The first-order valence-electron chi connectivity index (χ1n) is 9.97. The summed E-state index contributed by atoms with van der Waals surface area (Å²) in [5, 5.41) is 9.66. The number of likely N-dealkylation sites (tertiary alicyclic amines) is 2. The van der Waals surface area contributed by atoms with Gasteiger partial charge in [-0.25, -0.2) is 4.79 Å². The van der Waals surface area contributed by atoms with Gasteiger partial charge < -0.3 is 14.9 Å². The minimum Gasteiger partial charge on any atom is -0.480 e. The fourth-order valence-electron chi connectivity index (χ4n) is 5.02. The highest BCUT2D eigenvalue weighted by Gasteiger charge is 2.47. The summed E-state index contributed by atoms with van der Waals surface area (Å²) in [5.41, 5.74) is 1.44. The maximum absolute atomic E-state index is 13.3. The molecule has 1 saturated carbocycles. The van der Waals surface area contributed by atoms with Gasteiger partial charge in [-0.1, -0.05) is 25.0 Å². The summed E-state index contributed by atoms with van der Waals surface area (Å²) in [6.45, 7) is 1.27. The smallest absolute Gasteiger partial charge is 0.326 e. The summed E-state index contributed by atoms with van der Waals surface area (Å²) >= 11 is 0. The molecule has 0 unspecified atom stereocenters. The molecule has 1 N–H and O–H groups in total. The Morgan fingerprint density at radius 3 is 2.70 bits per heavy atom. The highest BCUT2D eigenvalue weighted by Crippen LogP contribution is 2.40. The number of hydrogen-bond acceptors (Lipinski definition) is 3. The van der Waals surface area contributed by atoms with Gasteiger partial charge in [-0.15, -0.1) is 0 Å². The van der Waals surface area contributed by atoms with Gasteiger partial charge in [-0.2, -0.15) is 0 Å². The van der Waals surface area contributed by atoms with E-state index in [9.17, 15) is 19.5 Å². The summed E-state index contributed by atoms with van der Waals surface area (Å²) in [6.07, 6.45) is 6.11. The molecule has 2 aliphatic heterocycles. The lowest BCUT2D eigenvalue weighted by Crippen LogP contribution is -2.46. The second-order valence-corrected chi connectivity index (χ2v) is 8.03. The monoisotopic (exact) mass is 370 g/mol. The topological polar surface area (TPSA) is 77.9 Å². The lowest BCUT2D eigenvalue weighted by atomic mass is 9.84. The van der Waals surface area contributed by atoms with E-state index in [0.29, 0.717) is 30.9 Å². The number of amides is 2. The molecule has 1 aliphatic carbocycles. The van der Waals surface area contributed by atoms with Crippen LogP contribution in [0.15, 0.2) is 24.3 Å². The minimum absolute atomic E-state index is 0.0381. The van der Waals surface area contributed by atoms with Crippen LogP contribution in [0.5, 0.6) is 0 Å². The molecule has 3 aliphatic rings. The van der Waals surface area contributed by atoms with Gasteiger partial charge in [0.25, 0.3) is 5.91 Å². The maximum atomic E-state index is 13.3. The first kappa shape index (κ1) is 18.0. The molecule has 2 saturated heterocycles. The van der Waals surface area contributed by atoms with E-state index in [1.165, 1.54) is 0 Å². The number of carbonyl (C=O) groups is 3. The van der Waals surface area contributed by atoms with Crippen molar-refractivity contribution in [1.29, 1.82) is 0 Å². The molecule has 2 amide bonds. The van der Waals surface area contributed by atoms with Crippen molar-refractivity contribution in [1.82, 2.24) is 9.80 Å². The van der Waals surface area contributed by atoms with E-state index in [1.807, 2.05) is 23.1 Å². The van der Waals surface area contributed by atoms with E-state index < -0.39 is 12.0 Å². The molecule has 0 bridgehead atoms. The Hall–Kier alpha value is -2.37. The van der Waals surface area contributed by atoms with Crippen LogP contribution < -0.4 is 0 Å². The molecule has 0 radical (unpaired) electrons. The highest BCUT2D eigenvalue weighted by atomic mass is 16.4. The molecule has 0 aromatic heterocycles. The molecule has 27 heavy (non-hydrogen) atoms. The third-order valence-electron chi connectivity index (χ3n) is 6.33. The number of fused-ring (bicyclic) bond motifs is 1. The predicted octanol–water partition coefficient (Wildman–Crippen LogP) is 2.67. The van der Waals surface area contributed by atoms with Crippen molar-refractivity contribution in [3.05, 3.63) is 35.4 Å². The van der Waals surface area contributed by atoms with Crippen molar-refractivity contribution >= 4 is 17.8 Å². The van der Waals surface area contributed by atoms with Crippen LogP contribution in [0.1, 0.15) is 60.9 Å². The Bertz CT molecular complexity index is 762. The lowest BCUT2D eigenvalue weighted by molar-refractivity contribution is -0.141. The van der Waals surface area contributed by atoms with E-state index in [0.717, 1.165) is 44.2 Å². The molecule has 6 heteroatoms. The number of carboxylic acid groups (broad SMARTS) is 1. The van der Waals surface area contributed by atoms with Crippen LogP contribution in [-0.2, 0) is 16.1 Å². The van der Waals surface area contributed by atoms with Gasteiger partial charge in [0.1, 0.15) is 6.04 Å². The summed E-state index contributed by atoms with van der Waals surface area (Å²) < 4.78 is 0. The summed E-state index contributed by atoms with van der Waals surface area (Å²) in [7, 11) is 0. The molecule has 0 spiro atoms. The average Bonchev–Trinajstić information content (AvgIpc) is 3.25. The van der Waals surface area contributed by atoms with Crippen LogP contribution in [-0.4, -0.2) is 51.3 Å². The Kier molecular flexibility index (Phi) is 4.89. The summed E-state index contributed by atoms with van der Waals surface area (Å²) in [4.78, 5) is 40.4. The highest BCUT2D eigenvalue weighted by molar-refractivity contribution is 5.97. The third kappa shape index (κ3) is 3.45. The SMILES string of the molecule is O=C(O)[C@@H]1C[C@@H]2CCCC[C@@H]2N1C(=O)c1cccc(CN2CCCC2=O)c1. The van der Waals surface area contributed by atoms with Crippen LogP contribution in [0.4, 0.5) is 0 Å². The van der Waals surface area contributed by atoms with E-state index in [4.69, 9.17) is 0 Å². The molecule has 1 aromatic rings. The van der Waals surface area contributed by atoms with Crippen LogP contribution in [0, 0.1) is 5.92 Å². The molecule has 6 nitrogen and oxygen atoms in total. The fourth-order valence-corrected chi connectivity index (χ4v) is 5.02. The number of carbonyl (C=O) groups excluding carboxylic acids is 2. The molecule has 1 aromatic carbocycles. The molecule has 3 fully saturated rings. The van der Waals surface area contributed by atoms with E-state index >= 15 is 0 Å². The molecule has 144 valence electrons. The van der Waals surface area contributed by atoms with E-state index in [-0.39, 0.29) is 17.9 Å². The van der Waals surface area contributed by atoms with Gasteiger partial charge in [0, 0.05) is 31.1 Å². The minimum atomic E-state index is -0.906. The van der Waals surface area contributed by atoms with Gasteiger partial charge in [-0.3, -0.25) is 9.59 Å². The Balaban J connectivity index is 1.56. The van der Waals surface area contributed by atoms with Crippen molar-refractivity contribution in [2.75, 3.05) is 6.54 Å². The quantitative estimate of drug-likeness (QED) is 0.884. The molecule has 4 rings (SSSR count). The van der Waals surface area contributed by atoms with Gasteiger partial charge >= 0.3 is 5.97 Å². The number of rotatable bonds is 4. The summed E-state index contributed by atoms with van der Waals surface area (Å²) in [5.74, 6) is -0.639. The standard InChI is InChI=1S/C21H26N2O4/c24-19-9-4-10-22(19)13-14-5-3-7-16(11-14)20(25)23-17-8-2-1-6-15(17)12-18(23)21(26)27/h3,5,7,11,15,17-18H,1-2,4,6,8-10,12-13H2,(H,26,27)/t15-,17-,18-/m0/s1. The fraction of sp³-hybridized carbons (Fsp3) is 0.571. The molecule has 2 heterocycles. The van der Waals surface area contributed by atoms with Crippen LogP contribution in [0.3, 0.4) is 0 Å². The lowest BCUT2D eigenvalue weighted by Gasteiger charge is -2.33.